The summed E-state index contributed by atoms with van der Waals surface area (Å²) in [5.74, 6) is 0. The Kier molecular flexibility index (Phi) is 6.08. The molecule has 0 saturated carbocycles. The van der Waals surface area contributed by atoms with Crippen LogP contribution in [0.4, 0.5) is 0 Å². The van der Waals surface area contributed by atoms with Crippen LogP contribution in [0.15, 0.2) is 0 Å². The highest BCUT2D eigenvalue weighted by atomic mass is 28.3. The molecular weight excluding hydrogens is 182 g/mol. The van der Waals surface area contributed by atoms with Crippen LogP contribution in [-0.4, -0.2) is 42.9 Å². The Bertz CT molecular complexity index is 112. The summed E-state index contributed by atoms with van der Waals surface area (Å²) in [6.07, 6.45) is 0. The monoisotopic (exact) mass is 205 g/mol. The van der Waals surface area contributed by atoms with Gasteiger partial charge in [0, 0.05) is 17.7 Å². The van der Waals surface area contributed by atoms with Crippen molar-refractivity contribution in [1.29, 1.82) is 0 Å². The molecule has 0 aliphatic heterocycles. The molecule has 0 rings (SSSR count). The van der Waals surface area contributed by atoms with Crippen LogP contribution >= 0.6 is 0 Å². The van der Waals surface area contributed by atoms with Gasteiger partial charge in [0.1, 0.15) is 10.5 Å². The molecule has 0 amide bonds. The molecule has 74 valence electrons. The average Bonchev–Trinajstić information content (AvgIpc) is 1.85. The fourth-order valence-electron chi connectivity index (χ4n) is 1.94. The topological polar surface area (TPSA) is 12.5 Å². The van der Waals surface area contributed by atoms with E-state index < -0.39 is 0 Å². The summed E-state index contributed by atoms with van der Waals surface area (Å²) in [5, 5.41) is 0. The Morgan fingerprint density at radius 3 is 1.75 bits per heavy atom. The second-order valence-corrected chi connectivity index (χ2v) is 7.76. The lowest BCUT2D eigenvalue weighted by atomic mass is 10.2. The van der Waals surface area contributed by atoms with E-state index in [2.05, 4.69) is 39.5 Å². The van der Waals surface area contributed by atoms with Crippen LogP contribution < -0.4 is 0 Å². The second kappa shape index (κ2) is 5.91. The standard InChI is InChI=1S/C8H23NOSi2/c1-6(2)9(7(3)4)8(5)12-10-11/h6-8H,12H2,1-5,11H3. The Labute approximate surface area is 82.2 Å². The number of hydrogen-bond acceptors (Lipinski definition) is 2. The van der Waals surface area contributed by atoms with Gasteiger partial charge < -0.3 is 4.12 Å². The summed E-state index contributed by atoms with van der Waals surface area (Å²) < 4.78 is 5.42. The molecule has 0 bridgehead atoms. The van der Waals surface area contributed by atoms with Gasteiger partial charge in [-0.1, -0.05) is 6.92 Å². The van der Waals surface area contributed by atoms with Crippen molar-refractivity contribution in [3.05, 3.63) is 0 Å². The van der Waals surface area contributed by atoms with E-state index in [1.54, 1.807) is 0 Å². The molecule has 4 heteroatoms. The predicted octanol–water partition coefficient (Wildman–Crippen LogP) is -0.168. The molecule has 0 fully saturated rings. The Morgan fingerprint density at radius 2 is 1.50 bits per heavy atom. The Balaban J connectivity index is 4.09. The van der Waals surface area contributed by atoms with E-state index in [-0.39, 0.29) is 9.76 Å². The highest BCUT2D eigenvalue weighted by Gasteiger charge is 2.19. The first-order valence-corrected chi connectivity index (χ1v) is 6.98. The van der Waals surface area contributed by atoms with E-state index in [4.69, 9.17) is 4.12 Å². The van der Waals surface area contributed by atoms with Gasteiger partial charge in [-0.25, -0.2) is 0 Å². The van der Waals surface area contributed by atoms with Crippen molar-refractivity contribution in [1.82, 2.24) is 4.90 Å². The van der Waals surface area contributed by atoms with Gasteiger partial charge >= 0.3 is 0 Å². The van der Waals surface area contributed by atoms with Crippen LogP contribution in [0.5, 0.6) is 0 Å². The number of nitrogens with zero attached hydrogens (tertiary/aromatic N) is 1. The first-order valence-electron chi connectivity index (χ1n) is 4.77. The summed E-state index contributed by atoms with van der Waals surface area (Å²) in [4.78, 5) is 2.55. The second-order valence-electron chi connectivity index (χ2n) is 3.94. The molecule has 12 heavy (non-hydrogen) atoms. The third-order valence-electron chi connectivity index (χ3n) is 2.11. The van der Waals surface area contributed by atoms with Gasteiger partial charge in [-0.05, 0) is 27.7 Å². The van der Waals surface area contributed by atoms with E-state index in [0.717, 1.165) is 10.5 Å². The lowest BCUT2D eigenvalue weighted by Gasteiger charge is -2.35. The predicted molar refractivity (Wildman–Crippen MR) is 61.1 cm³/mol. The molecule has 0 heterocycles. The van der Waals surface area contributed by atoms with Gasteiger partial charge in [0.05, 0.1) is 0 Å². The number of hydrogen-bond donors (Lipinski definition) is 0. The van der Waals surface area contributed by atoms with E-state index >= 15 is 0 Å². The van der Waals surface area contributed by atoms with Crippen molar-refractivity contribution in [3.63, 3.8) is 0 Å². The first kappa shape index (κ1) is 12.4. The van der Waals surface area contributed by atoms with Crippen LogP contribution in [-0.2, 0) is 4.12 Å². The summed E-state index contributed by atoms with van der Waals surface area (Å²) in [6.45, 7) is 11.3. The smallest absolute Gasteiger partial charge is 0.162 e. The van der Waals surface area contributed by atoms with Crippen LogP contribution in [0.2, 0.25) is 0 Å². The summed E-state index contributed by atoms with van der Waals surface area (Å²) in [7, 11) is 0.610. The van der Waals surface area contributed by atoms with Gasteiger partial charge in [0.2, 0.25) is 0 Å². The van der Waals surface area contributed by atoms with Crippen molar-refractivity contribution in [2.24, 2.45) is 0 Å². The molecule has 1 atom stereocenters. The van der Waals surface area contributed by atoms with E-state index in [0.29, 0.717) is 17.7 Å². The zero-order chi connectivity index (χ0) is 9.72. The minimum Gasteiger partial charge on any atom is -0.467 e. The van der Waals surface area contributed by atoms with Crippen LogP contribution in [0.3, 0.4) is 0 Å². The molecule has 0 spiro atoms. The van der Waals surface area contributed by atoms with Crippen molar-refractivity contribution in [3.8, 4) is 0 Å². The fraction of sp³-hybridized carbons (Fsp3) is 1.00. The first-order chi connectivity index (χ1) is 5.50. The molecule has 0 aromatic heterocycles. The van der Waals surface area contributed by atoms with Gasteiger partial charge in [0.15, 0.2) is 9.76 Å². The third-order valence-corrected chi connectivity index (χ3v) is 4.35. The van der Waals surface area contributed by atoms with E-state index in [9.17, 15) is 0 Å². The van der Waals surface area contributed by atoms with Crippen molar-refractivity contribution in [2.45, 2.75) is 52.4 Å². The molecule has 0 aromatic carbocycles. The van der Waals surface area contributed by atoms with Crippen molar-refractivity contribution >= 4 is 20.2 Å². The maximum atomic E-state index is 5.42. The zero-order valence-electron chi connectivity index (χ0n) is 9.29. The molecule has 0 saturated heterocycles. The molecular formula is C8H23NOSi2. The lowest BCUT2D eigenvalue weighted by Crippen LogP contribution is -2.46. The van der Waals surface area contributed by atoms with Gasteiger partial charge in [-0.15, -0.1) is 0 Å². The van der Waals surface area contributed by atoms with Crippen LogP contribution in [0, 0.1) is 0 Å². The van der Waals surface area contributed by atoms with Crippen molar-refractivity contribution in [2.75, 3.05) is 0 Å². The van der Waals surface area contributed by atoms with E-state index in [1.807, 2.05) is 0 Å². The van der Waals surface area contributed by atoms with Crippen molar-refractivity contribution < 1.29 is 4.12 Å². The zero-order valence-corrected chi connectivity index (χ0v) is 12.7. The number of rotatable bonds is 5. The van der Waals surface area contributed by atoms with Gasteiger partial charge in [-0.2, -0.15) is 0 Å². The summed E-state index contributed by atoms with van der Waals surface area (Å²) in [5.41, 5.74) is 0.683. The molecule has 0 aliphatic carbocycles. The van der Waals surface area contributed by atoms with Crippen LogP contribution in [0.25, 0.3) is 0 Å². The van der Waals surface area contributed by atoms with E-state index in [1.165, 1.54) is 0 Å². The highest BCUT2D eigenvalue weighted by Crippen LogP contribution is 2.09. The maximum Gasteiger partial charge on any atom is 0.162 e. The maximum absolute atomic E-state index is 5.42. The van der Waals surface area contributed by atoms with Gasteiger partial charge in [-0.3, -0.25) is 4.90 Å². The minimum absolute atomic E-state index is 0.299. The quantitative estimate of drug-likeness (QED) is 0.578. The van der Waals surface area contributed by atoms with Crippen LogP contribution in [0.1, 0.15) is 34.6 Å². The highest BCUT2D eigenvalue weighted by molar-refractivity contribution is 6.36. The minimum atomic E-state index is -0.299. The molecule has 0 N–H and O–H groups in total. The Morgan fingerprint density at radius 1 is 1.08 bits per heavy atom. The fourth-order valence-corrected chi connectivity index (χ4v) is 4.89. The average molecular weight is 205 g/mol. The van der Waals surface area contributed by atoms with Gasteiger partial charge in [0.25, 0.3) is 0 Å². The summed E-state index contributed by atoms with van der Waals surface area (Å²) >= 11 is 0. The normalized spacial score (nSPS) is 16.0. The molecule has 1 unspecified atom stereocenters. The SMILES string of the molecule is CC(C)N(C(C)C)C(C)[SiH2]O[SiH3]. The summed E-state index contributed by atoms with van der Waals surface area (Å²) in [6, 6.07) is 1.29. The largest absolute Gasteiger partial charge is 0.467 e. The molecule has 0 aromatic rings. The Hall–Kier alpha value is 0.354. The molecule has 0 radical (unpaired) electrons. The lowest BCUT2D eigenvalue weighted by molar-refractivity contribution is 0.157. The molecule has 2 nitrogen and oxygen atoms in total. The molecule has 0 aliphatic rings. The third kappa shape index (κ3) is 3.84.